The minimum absolute atomic E-state index is 0.0722. The molecule has 4 aliphatic rings. The SMILES string of the molecule is CC(=O)N1CCc2c(nc(C)n2C2CC3CCC(C2)N3CC[C@H](NC(=O)C2CCC(F)(F)CC2)c2ccsc2)C1. The molecule has 2 amide bonds. The number of rotatable bonds is 7. The van der Waals surface area contributed by atoms with E-state index in [1.807, 2.05) is 10.3 Å². The molecule has 7 nitrogen and oxygen atoms in total. The Bertz CT molecular complexity index is 1210. The van der Waals surface area contributed by atoms with Gasteiger partial charge in [-0.15, -0.1) is 0 Å². The van der Waals surface area contributed by atoms with Crippen molar-refractivity contribution in [3.8, 4) is 0 Å². The van der Waals surface area contributed by atoms with Crippen molar-refractivity contribution < 1.29 is 18.4 Å². The van der Waals surface area contributed by atoms with Gasteiger partial charge in [-0.1, -0.05) is 0 Å². The third-order valence-electron chi connectivity index (χ3n) is 9.92. The van der Waals surface area contributed by atoms with Crippen molar-refractivity contribution in [2.45, 2.75) is 115 Å². The highest BCUT2D eigenvalue weighted by Gasteiger charge is 2.43. The van der Waals surface area contributed by atoms with Gasteiger partial charge in [0.1, 0.15) is 5.82 Å². The summed E-state index contributed by atoms with van der Waals surface area (Å²) >= 11 is 1.62. The lowest BCUT2D eigenvalue weighted by atomic mass is 9.86. The lowest BCUT2D eigenvalue weighted by molar-refractivity contribution is -0.130. The van der Waals surface area contributed by atoms with Crippen molar-refractivity contribution in [3.05, 3.63) is 39.6 Å². The van der Waals surface area contributed by atoms with Crippen molar-refractivity contribution in [2.75, 3.05) is 13.1 Å². The summed E-state index contributed by atoms with van der Waals surface area (Å²) in [5.74, 6) is -1.84. The van der Waals surface area contributed by atoms with Gasteiger partial charge in [0.2, 0.25) is 17.7 Å². The highest BCUT2D eigenvalue weighted by molar-refractivity contribution is 7.08. The summed E-state index contributed by atoms with van der Waals surface area (Å²) in [6, 6.07) is 3.44. The predicted molar refractivity (Wildman–Crippen MR) is 150 cm³/mol. The second-order valence-corrected chi connectivity index (χ2v) is 13.2. The Morgan fingerprint density at radius 2 is 1.88 bits per heavy atom. The lowest BCUT2D eigenvalue weighted by Gasteiger charge is -2.41. The number of piperidine rings is 1. The first-order chi connectivity index (χ1) is 19.2. The first-order valence-corrected chi connectivity index (χ1v) is 15.9. The van der Waals surface area contributed by atoms with Gasteiger partial charge in [-0.25, -0.2) is 13.8 Å². The second kappa shape index (κ2) is 11.2. The molecule has 5 heterocycles. The molecular weight excluding hydrogens is 532 g/mol. The minimum atomic E-state index is -2.63. The summed E-state index contributed by atoms with van der Waals surface area (Å²) in [6.07, 6.45) is 6.41. The molecule has 6 rings (SSSR count). The van der Waals surface area contributed by atoms with Crippen molar-refractivity contribution in [1.82, 2.24) is 24.7 Å². The Balaban J connectivity index is 1.10. The molecule has 2 unspecified atom stereocenters. The van der Waals surface area contributed by atoms with Crippen LogP contribution in [0.4, 0.5) is 8.78 Å². The van der Waals surface area contributed by atoms with Crippen LogP contribution in [0.25, 0.3) is 0 Å². The van der Waals surface area contributed by atoms with E-state index in [9.17, 15) is 18.4 Å². The average Bonchev–Trinajstić information content (AvgIpc) is 3.62. The van der Waals surface area contributed by atoms with E-state index in [4.69, 9.17) is 4.98 Å². The maximum atomic E-state index is 13.6. The molecule has 1 aliphatic carbocycles. The molecule has 3 atom stereocenters. The molecule has 3 fully saturated rings. The van der Waals surface area contributed by atoms with Crippen molar-refractivity contribution in [2.24, 2.45) is 5.92 Å². The van der Waals surface area contributed by atoms with Crippen LogP contribution in [0, 0.1) is 12.8 Å². The minimum Gasteiger partial charge on any atom is -0.349 e. The van der Waals surface area contributed by atoms with Gasteiger partial charge in [-0.2, -0.15) is 11.3 Å². The van der Waals surface area contributed by atoms with Crippen molar-refractivity contribution >= 4 is 23.2 Å². The van der Waals surface area contributed by atoms with Crippen LogP contribution < -0.4 is 5.32 Å². The van der Waals surface area contributed by atoms with E-state index in [1.165, 1.54) is 18.5 Å². The van der Waals surface area contributed by atoms with Crippen LogP contribution in [0.15, 0.2) is 16.8 Å². The normalized spacial score (nSPS) is 27.4. The third kappa shape index (κ3) is 5.58. The molecule has 1 N–H and O–H groups in total. The molecule has 3 aliphatic heterocycles. The Morgan fingerprint density at radius 3 is 2.52 bits per heavy atom. The average molecular weight is 574 g/mol. The molecule has 0 spiro atoms. The first kappa shape index (κ1) is 27.8. The maximum absolute atomic E-state index is 13.6. The van der Waals surface area contributed by atoms with Gasteiger partial charge in [0.25, 0.3) is 0 Å². The first-order valence-electron chi connectivity index (χ1n) is 15.0. The van der Waals surface area contributed by atoms with Crippen LogP contribution >= 0.6 is 11.3 Å². The quantitative estimate of drug-likeness (QED) is 0.482. The van der Waals surface area contributed by atoms with E-state index in [0.717, 1.165) is 55.9 Å². The number of thiophene rings is 1. The number of hydrogen-bond acceptors (Lipinski definition) is 5. The Hall–Kier alpha value is -2.33. The van der Waals surface area contributed by atoms with E-state index in [-0.39, 0.29) is 49.5 Å². The largest absolute Gasteiger partial charge is 0.349 e. The molecule has 2 saturated heterocycles. The van der Waals surface area contributed by atoms with Gasteiger partial charge in [-0.3, -0.25) is 14.5 Å². The fourth-order valence-corrected chi connectivity index (χ4v) is 8.49. The monoisotopic (exact) mass is 573 g/mol. The molecule has 2 aromatic rings. The fourth-order valence-electron chi connectivity index (χ4n) is 7.78. The topological polar surface area (TPSA) is 70.5 Å². The zero-order chi connectivity index (χ0) is 28.0. The summed E-state index contributed by atoms with van der Waals surface area (Å²) in [4.78, 5) is 34.4. The predicted octanol–water partition coefficient (Wildman–Crippen LogP) is 5.40. The number of amides is 2. The number of aromatic nitrogens is 2. The number of halogens is 2. The van der Waals surface area contributed by atoms with E-state index >= 15 is 0 Å². The molecule has 0 radical (unpaired) electrons. The van der Waals surface area contributed by atoms with Gasteiger partial charge in [0.15, 0.2) is 0 Å². The molecular formula is C30H41F2N5O2S. The number of aryl methyl sites for hydroxylation is 1. The summed E-state index contributed by atoms with van der Waals surface area (Å²) in [5, 5.41) is 7.38. The summed E-state index contributed by atoms with van der Waals surface area (Å²) in [6.45, 7) is 6.03. The van der Waals surface area contributed by atoms with Gasteiger partial charge >= 0.3 is 0 Å². The van der Waals surface area contributed by atoms with Crippen LogP contribution in [-0.4, -0.2) is 62.3 Å². The Labute approximate surface area is 239 Å². The Kier molecular flexibility index (Phi) is 7.76. The number of alkyl halides is 2. The van der Waals surface area contributed by atoms with Gasteiger partial charge in [-0.05, 0) is 74.3 Å². The van der Waals surface area contributed by atoms with E-state index in [1.54, 1.807) is 18.3 Å². The summed E-state index contributed by atoms with van der Waals surface area (Å²) in [7, 11) is 0. The number of nitrogens with zero attached hydrogens (tertiary/aromatic N) is 4. The molecule has 2 bridgehead atoms. The molecule has 10 heteroatoms. The fraction of sp³-hybridized carbons (Fsp3) is 0.700. The highest BCUT2D eigenvalue weighted by Crippen LogP contribution is 2.43. The van der Waals surface area contributed by atoms with Crippen LogP contribution in [0.1, 0.15) is 99.6 Å². The van der Waals surface area contributed by atoms with E-state index in [2.05, 4.69) is 33.2 Å². The smallest absolute Gasteiger partial charge is 0.248 e. The highest BCUT2D eigenvalue weighted by atomic mass is 32.1. The number of imidazole rings is 1. The van der Waals surface area contributed by atoms with E-state index < -0.39 is 5.92 Å². The maximum Gasteiger partial charge on any atom is 0.248 e. The van der Waals surface area contributed by atoms with Crippen LogP contribution in [-0.2, 0) is 22.6 Å². The molecule has 2 aromatic heterocycles. The molecule has 0 aromatic carbocycles. The molecule has 218 valence electrons. The van der Waals surface area contributed by atoms with Crippen LogP contribution in [0.2, 0.25) is 0 Å². The zero-order valence-corrected chi connectivity index (χ0v) is 24.4. The van der Waals surface area contributed by atoms with Gasteiger partial charge < -0.3 is 14.8 Å². The van der Waals surface area contributed by atoms with Crippen LogP contribution in [0.5, 0.6) is 0 Å². The number of carbonyl (C=O) groups excluding carboxylic acids is 2. The zero-order valence-electron chi connectivity index (χ0n) is 23.6. The summed E-state index contributed by atoms with van der Waals surface area (Å²) in [5.41, 5.74) is 3.49. The standard InChI is InChI=1S/C30H41F2N5O2S/c1-19-33-27-17-35(20(2)38)12-8-28(27)37(19)25-15-23-3-4-24(16-25)36(23)13-7-26(22-9-14-40-18-22)34-29(39)21-5-10-30(31,32)11-6-21/h9,14,18,21,23-26H,3-8,10-13,15-17H2,1-2H3,(H,34,39)/t23?,24?,25?,26-/m0/s1. The van der Waals surface area contributed by atoms with Crippen molar-refractivity contribution in [3.63, 3.8) is 0 Å². The lowest BCUT2D eigenvalue weighted by Crippen LogP contribution is -2.45. The number of hydrogen-bond donors (Lipinski definition) is 1. The van der Waals surface area contributed by atoms with Gasteiger partial charge in [0, 0.05) is 69.0 Å². The number of nitrogens with one attached hydrogen (secondary N) is 1. The van der Waals surface area contributed by atoms with E-state index in [0.29, 0.717) is 24.7 Å². The number of fused-ring (bicyclic) bond motifs is 3. The number of carbonyl (C=O) groups is 2. The third-order valence-corrected chi connectivity index (χ3v) is 10.6. The Morgan fingerprint density at radius 1 is 1.15 bits per heavy atom. The molecule has 1 saturated carbocycles. The summed E-state index contributed by atoms with van der Waals surface area (Å²) < 4.78 is 29.8. The van der Waals surface area contributed by atoms with Crippen LogP contribution in [0.3, 0.4) is 0 Å². The second-order valence-electron chi connectivity index (χ2n) is 12.4. The molecule has 40 heavy (non-hydrogen) atoms. The van der Waals surface area contributed by atoms with Gasteiger partial charge in [0.05, 0.1) is 18.3 Å². The van der Waals surface area contributed by atoms with Crippen molar-refractivity contribution in [1.29, 1.82) is 0 Å².